The second-order valence-electron chi connectivity index (χ2n) is 17.3. The van der Waals surface area contributed by atoms with Gasteiger partial charge in [0.15, 0.2) is 16.9 Å². The van der Waals surface area contributed by atoms with Crippen LogP contribution in [0.1, 0.15) is 9.68 Å². The Balaban J connectivity index is 1.01. The minimum atomic E-state index is -2.41. The van der Waals surface area contributed by atoms with Crippen molar-refractivity contribution in [1.82, 2.24) is 34.3 Å². The molecule has 0 N–H and O–H groups in total. The van der Waals surface area contributed by atoms with Crippen LogP contribution in [-0.4, -0.2) is 34.3 Å². The fourth-order valence-electron chi connectivity index (χ4n) is 9.95. The summed E-state index contributed by atoms with van der Waals surface area (Å²) in [7, 11) is 0. The zero-order chi connectivity index (χ0) is 49.0. The molecule has 0 aliphatic heterocycles. The van der Waals surface area contributed by atoms with Crippen LogP contribution in [0.2, 0.25) is 0 Å². The summed E-state index contributed by atoms with van der Waals surface area (Å²) in [5.41, 5.74) is 19.7. The standard InChI is InChI=1S/C63H41N7/c1-40-30-33-66-60-55-29-28-45(39-58(55)70-62(59(40)60)69-61-63(70)68-35-34-67-61)51-14-4-7-17-54(51)48-37-46(52-15-5-2-12-49(52)41-20-24-43(25-21-41)56-18-8-10-31-64-56)36-47(38-48)53-16-6-3-13-50(53)42-22-26-44(27-23-42)57-19-9-11-32-65-57/h2-39H,1H3/i1D3. The number of imidazole rings is 1. The highest BCUT2D eigenvalue weighted by Crippen LogP contribution is 2.43. The van der Waals surface area contributed by atoms with Crippen LogP contribution in [0.4, 0.5) is 0 Å². The predicted molar refractivity (Wildman–Crippen MR) is 285 cm³/mol. The molecule has 7 nitrogen and oxygen atoms in total. The number of fused-ring (bicyclic) bond motifs is 8. The van der Waals surface area contributed by atoms with Crippen molar-refractivity contribution < 1.29 is 4.11 Å². The summed E-state index contributed by atoms with van der Waals surface area (Å²) >= 11 is 0. The van der Waals surface area contributed by atoms with Crippen LogP contribution in [-0.2, 0) is 0 Å². The molecule has 0 fully saturated rings. The first kappa shape index (κ1) is 37.6. The van der Waals surface area contributed by atoms with Crippen molar-refractivity contribution in [1.29, 1.82) is 0 Å². The van der Waals surface area contributed by atoms with Gasteiger partial charge in [-0.1, -0.05) is 146 Å². The third kappa shape index (κ3) is 7.07. The van der Waals surface area contributed by atoms with E-state index in [1.54, 1.807) is 24.7 Å². The van der Waals surface area contributed by atoms with Crippen LogP contribution >= 0.6 is 0 Å². The predicted octanol–water partition coefficient (Wildman–Crippen LogP) is 15.4. The van der Waals surface area contributed by atoms with E-state index < -0.39 is 6.85 Å². The van der Waals surface area contributed by atoms with E-state index in [0.717, 1.165) is 100 Å². The number of benzene rings is 7. The summed E-state index contributed by atoms with van der Waals surface area (Å²) in [4.78, 5) is 28.2. The highest BCUT2D eigenvalue weighted by atomic mass is 15.1. The van der Waals surface area contributed by atoms with E-state index in [-0.39, 0.29) is 5.56 Å². The van der Waals surface area contributed by atoms with Gasteiger partial charge in [-0.3, -0.25) is 19.4 Å². The molecule has 328 valence electrons. The number of rotatable bonds is 8. The van der Waals surface area contributed by atoms with E-state index in [4.69, 9.17) is 19.1 Å². The fourth-order valence-corrected chi connectivity index (χ4v) is 9.95. The van der Waals surface area contributed by atoms with E-state index in [2.05, 4.69) is 167 Å². The smallest absolute Gasteiger partial charge is 0.198 e. The van der Waals surface area contributed by atoms with Gasteiger partial charge in [-0.2, -0.15) is 0 Å². The molecule has 0 bridgehead atoms. The Kier molecular flexibility index (Phi) is 9.14. The molecule has 0 radical (unpaired) electrons. The Morgan fingerprint density at radius 1 is 0.357 bits per heavy atom. The fraction of sp³-hybridized carbons (Fsp3) is 0.0159. The number of aryl methyl sites for hydroxylation is 1. The summed E-state index contributed by atoms with van der Waals surface area (Å²) in [5.74, 6) is 0. The normalized spacial score (nSPS) is 12.3. The molecule has 13 aromatic rings. The lowest BCUT2D eigenvalue weighted by Gasteiger charge is -2.18. The lowest BCUT2D eigenvalue weighted by atomic mass is 9.86. The molecule has 0 amide bonds. The first-order valence-corrected chi connectivity index (χ1v) is 23.2. The highest BCUT2D eigenvalue weighted by molar-refractivity contribution is 6.13. The van der Waals surface area contributed by atoms with Crippen molar-refractivity contribution in [2.75, 3.05) is 0 Å². The molecule has 0 aliphatic rings. The molecule has 6 aromatic heterocycles. The average Bonchev–Trinajstić information content (AvgIpc) is 3.85. The van der Waals surface area contributed by atoms with Gasteiger partial charge in [0.1, 0.15) is 0 Å². The van der Waals surface area contributed by atoms with Crippen LogP contribution in [0.3, 0.4) is 0 Å². The number of nitrogens with zero attached hydrogens (tertiary/aromatic N) is 7. The zero-order valence-corrected chi connectivity index (χ0v) is 37.6. The second-order valence-corrected chi connectivity index (χ2v) is 17.3. The van der Waals surface area contributed by atoms with Crippen molar-refractivity contribution in [3.8, 4) is 89.3 Å². The van der Waals surface area contributed by atoms with E-state index in [9.17, 15) is 0 Å². The van der Waals surface area contributed by atoms with Gasteiger partial charge >= 0.3 is 0 Å². The minimum absolute atomic E-state index is 0.177. The Labute approximate surface area is 408 Å². The summed E-state index contributed by atoms with van der Waals surface area (Å²) in [6.45, 7) is -2.41. The van der Waals surface area contributed by atoms with Crippen molar-refractivity contribution in [3.63, 3.8) is 0 Å². The van der Waals surface area contributed by atoms with Crippen LogP contribution in [0.5, 0.6) is 0 Å². The number of hydrogen-bond acceptors (Lipinski definition) is 6. The maximum Gasteiger partial charge on any atom is 0.198 e. The lowest BCUT2D eigenvalue weighted by Crippen LogP contribution is -1.96. The second kappa shape index (κ2) is 17.0. The first-order chi connectivity index (χ1) is 35.8. The van der Waals surface area contributed by atoms with Gasteiger partial charge in [-0.05, 0) is 134 Å². The Hall–Kier alpha value is -9.46. The topological polar surface area (TPSA) is 81.8 Å². The molecular formula is C63H41N7. The van der Waals surface area contributed by atoms with Crippen molar-refractivity contribution >= 4 is 38.7 Å². The summed E-state index contributed by atoms with van der Waals surface area (Å²) < 4.78 is 27.4. The molecule has 7 aromatic carbocycles. The monoisotopic (exact) mass is 898 g/mol. The summed E-state index contributed by atoms with van der Waals surface area (Å²) in [5, 5.41) is 1.24. The van der Waals surface area contributed by atoms with Crippen molar-refractivity contribution in [2.45, 2.75) is 6.85 Å². The van der Waals surface area contributed by atoms with Crippen LogP contribution < -0.4 is 0 Å². The molecule has 70 heavy (non-hydrogen) atoms. The molecule has 6 heterocycles. The molecule has 7 heteroatoms. The number of aromatic nitrogens is 7. The number of pyridine rings is 4. The summed E-state index contributed by atoms with van der Waals surface area (Å²) in [6, 6.07) is 69.7. The third-order valence-electron chi connectivity index (χ3n) is 13.2. The maximum atomic E-state index is 8.48. The zero-order valence-electron chi connectivity index (χ0n) is 40.6. The first-order valence-electron chi connectivity index (χ1n) is 24.7. The maximum absolute atomic E-state index is 8.48. The molecule has 0 atom stereocenters. The molecule has 0 spiro atoms. The molecule has 13 rings (SSSR count). The van der Waals surface area contributed by atoms with Gasteiger partial charge in [0, 0.05) is 57.0 Å². The highest BCUT2D eigenvalue weighted by Gasteiger charge is 2.20. The van der Waals surface area contributed by atoms with E-state index in [1.807, 2.05) is 59.3 Å². The quantitative estimate of drug-likeness (QED) is 0.141. The lowest BCUT2D eigenvalue weighted by molar-refractivity contribution is 1.22. The van der Waals surface area contributed by atoms with E-state index in [1.165, 1.54) is 0 Å². The molecule has 0 aliphatic carbocycles. The third-order valence-corrected chi connectivity index (χ3v) is 13.2. The average molecular weight is 899 g/mol. The largest absolute Gasteiger partial charge is 0.274 e. The molecule has 0 saturated carbocycles. The van der Waals surface area contributed by atoms with Gasteiger partial charge in [-0.15, -0.1) is 0 Å². The minimum Gasteiger partial charge on any atom is -0.274 e. The van der Waals surface area contributed by atoms with Gasteiger partial charge < -0.3 is 0 Å². The van der Waals surface area contributed by atoms with Crippen LogP contribution in [0, 0.1) is 6.85 Å². The Morgan fingerprint density at radius 3 is 1.34 bits per heavy atom. The Morgan fingerprint density at radius 2 is 0.829 bits per heavy atom. The van der Waals surface area contributed by atoms with E-state index in [0.29, 0.717) is 27.8 Å². The SMILES string of the molecule is [2H]C([2H])([2H])c1ccnc2c3ccc(-c4ccccc4-c4cc(-c5ccccc5-c5ccc(-c6ccccn6)cc5)cc(-c5ccccc5-c5ccc(-c6ccccn6)cc5)c4)cc3n3c4nccnc4nc3c12. The van der Waals surface area contributed by atoms with Crippen LogP contribution in [0.25, 0.3) is 128 Å². The molecular weight excluding hydrogens is 855 g/mol. The Bertz CT molecular complexity index is 4090. The van der Waals surface area contributed by atoms with Gasteiger partial charge in [-0.25, -0.2) is 15.0 Å². The molecule has 0 saturated heterocycles. The van der Waals surface area contributed by atoms with Gasteiger partial charge in [0.25, 0.3) is 0 Å². The van der Waals surface area contributed by atoms with E-state index >= 15 is 0 Å². The molecule has 0 unspecified atom stereocenters. The summed E-state index contributed by atoms with van der Waals surface area (Å²) in [6.07, 6.45) is 8.45. The van der Waals surface area contributed by atoms with Crippen LogP contribution in [0.15, 0.2) is 231 Å². The van der Waals surface area contributed by atoms with Gasteiger partial charge in [0.05, 0.1) is 22.4 Å². The van der Waals surface area contributed by atoms with Crippen molar-refractivity contribution in [3.05, 3.63) is 237 Å². The van der Waals surface area contributed by atoms with Crippen molar-refractivity contribution in [2.24, 2.45) is 0 Å². The number of hydrogen-bond donors (Lipinski definition) is 0. The van der Waals surface area contributed by atoms with Gasteiger partial charge in [0.2, 0.25) is 0 Å².